The van der Waals surface area contributed by atoms with E-state index < -0.39 is 0 Å². The van der Waals surface area contributed by atoms with Gasteiger partial charge in [0, 0.05) is 18.8 Å². The molecule has 4 rings (SSSR count). The largest absolute Gasteiger partial charge is 0.371 e. The van der Waals surface area contributed by atoms with Gasteiger partial charge in [-0.3, -0.25) is 0 Å². The molecule has 1 atom stereocenters. The Bertz CT molecular complexity index is 954. The van der Waals surface area contributed by atoms with Crippen LogP contribution in [0.3, 0.4) is 0 Å². The zero-order valence-corrected chi connectivity index (χ0v) is 18.5. The summed E-state index contributed by atoms with van der Waals surface area (Å²) >= 11 is 0. The van der Waals surface area contributed by atoms with E-state index in [9.17, 15) is 4.79 Å². The van der Waals surface area contributed by atoms with E-state index in [0.717, 1.165) is 30.5 Å². The molecule has 0 saturated carbocycles. The molecular formula is C25H33N3O. The topological polar surface area (TPSA) is 37.6 Å². The zero-order chi connectivity index (χ0) is 21.4. The Morgan fingerprint density at radius 2 is 1.72 bits per heavy atom. The number of fused-ring (bicyclic) bond motifs is 1. The van der Waals surface area contributed by atoms with Gasteiger partial charge in [0.05, 0.1) is 17.4 Å². The van der Waals surface area contributed by atoms with Crippen molar-refractivity contribution in [3.05, 3.63) is 71.7 Å². The average Bonchev–Trinajstić information content (AvgIpc) is 3.33. The summed E-state index contributed by atoms with van der Waals surface area (Å²) in [7, 11) is 1.91. The van der Waals surface area contributed by atoms with E-state index in [0.29, 0.717) is 0 Å². The minimum absolute atomic E-state index is 0.106. The molecule has 0 saturated heterocycles. The molecule has 0 N–H and O–H groups in total. The second-order valence-electron chi connectivity index (χ2n) is 7.05. The number of benzene rings is 1. The first-order valence-electron chi connectivity index (χ1n) is 10.4. The number of hydrogen-bond donors (Lipinski definition) is 0. The van der Waals surface area contributed by atoms with Gasteiger partial charge in [-0.05, 0) is 44.5 Å². The van der Waals surface area contributed by atoms with Crippen molar-refractivity contribution in [2.24, 2.45) is 0 Å². The highest BCUT2D eigenvalue weighted by atomic mass is 16.1. The number of aryl methyl sites for hydroxylation is 3. The first-order valence-corrected chi connectivity index (χ1v) is 10.4. The molecule has 0 fully saturated rings. The SMILES string of the molecule is CC.CCc1c(-c2ccc(C)cc2)nc2ccc(C)cn12.CN1C=CCC1C=O. The standard InChI is InChI=1S/C17H18N2.C6H9NO.C2H6/c1-4-15-17(14-8-5-12(2)6-9-14)18-16-10-7-13(3)11-19(15)16;1-7-4-2-3-6(7)5-8;1-2/h5-11H,4H2,1-3H3;2,4-6H,3H2,1H3;1-2H3. The monoisotopic (exact) mass is 391 g/mol. The normalized spacial score (nSPS) is 14.8. The number of hydrogen-bond acceptors (Lipinski definition) is 3. The summed E-state index contributed by atoms with van der Waals surface area (Å²) in [6, 6.07) is 12.9. The lowest BCUT2D eigenvalue weighted by atomic mass is 10.1. The maximum atomic E-state index is 10.1. The van der Waals surface area contributed by atoms with Gasteiger partial charge < -0.3 is 14.1 Å². The highest BCUT2D eigenvalue weighted by Crippen LogP contribution is 2.25. The van der Waals surface area contributed by atoms with Crippen LogP contribution < -0.4 is 0 Å². The van der Waals surface area contributed by atoms with Gasteiger partial charge in [0.25, 0.3) is 0 Å². The van der Waals surface area contributed by atoms with Crippen molar-refractivity contribution in [3.63, 3.8) is 0 Å². The van der Waals surface area contributed by atoms with Gasteiger partial charge in [-0.1, -0.05) is 62.7 Å². The summed E-state index contributed by atoms with van der Waals surface area (Å²) in [5.74, 6) is 0. The summed E-state index contributed by atoms with van der Waals surface area (Å²) in [6.45, 7) is 10.4. The summed E-state index contributed by atoms with van der Waals surface area (Å²) < 4.78 is 2.21. The Hall–Kier alpha value is -2.88. The highest BCUT2D eigenvalue weighted by Gasteiger charge is 2.13. The fourth-order valence-corrected chi connectivity index (χ4v) is 3.27. The second-order valence-corrected chi connectivity index (χ2v) is 7.05. The number of nitrogens with zero attached hydrogens (tertiary/aromatic N) is 3. The van der Waals surface area contributed by atoms with Crippen LogP contribution in [0, 0.1) is 13.8 Å². The third-order valence-electron chi connectivity index (χ3n) is 4.92. The number of likely N-dealkylation sites (N-methyl/N-ethyl adjacent to an activating group) is 1. The Balaban J connectivity index is 0.000000252. The second kappa shape index (κ2) is 10.6. The number of carbonyl (C=O) groups excluding carboxylic acids is 1. The molecule has 29 heavy (non-hydrogen) atoms. The number of imidazole rings is 1. The van der Waals surface area contributed by atoms with E-state index in [2.05, 4.69) is 67.8 Å². The molecule has 3 aromatic rings. The van der Waals surface area contributed by atoms with Crippen LogP contribution in [0.15, 0.2) is 54.9 Å². The van der Waals surface area contributed by atoms with Crippen LogP contribution in [-0.2, 0) is 11.2 Å². The highest BCUT2D eigenvalue weighted by molar-refractivity contribution is 5.67. The molecule has 1 aromatic carbocycles. The van der Waals surface area contributed by atoms with Crippen molar-refractivity contribution < 1.29 is 4.79 Å². The lowest BCUT2D eigenvalue weighted by Crippen LogP contribution is -2.23. The van der Waals surface area contributed by atoms with Gasteiger partial charge in [-0.25, -0.2) is 4.98 Å². The van der Waals surface area contributed by atoms with Gasteiger partial charge >= 0.3 is 0 Å². The molecule has 0 radical (unpaired) electrons. The number of rotatable bonds is 3. The Labute approximate surface area is 174 Å². The predicted molar refractivity (Wildman–Crippen MR) is 122 cm³/mol. The van der Waals surface area contributed by atoms with Crippen LogP contribution in [0.25, 0.3) is 16.9 Å². The smallest absolute Gasteiger partial charge is 0.142 e. The fraction of sp³-hybridized carbons (Fsp3) is 0.360. The Kier molecular flexibility index (Phi) is 8.20. The maximum absolute atomic E-state index is 10.1. The van der Waals surface area contributed by atoms with Crippen LogP contribution >= 0.6 is 0 Å². The van der Waals surface area contributed by atoms with Crippen molar-refractivity contribution in [2.75, 3.05) is 7.05 Å². The molecule has 1 aliphatic rings. The van der Waals surface area contributed by atoms with Crippen molar-refractivity contribution in [3.8, 4) is 11.3 Å². The molecule has 4 heteroatoms. The molecule has 1 aliphatic heterocycles. The molecule has 154 valence electrons. The Morgan fingerprint density at radius 3 is 2.24 bits per heavy atom. The first-order chi connectivity index (χ1) is 14.0. The minimum atomic E-state index is 0.106. The molecule has 0 bridgehead atoms. The number of pyridine rings is 1. The Morgan fingerprint density at radius 1 is 1.07 bits per heavy atom. The average molecular weight is 392 g/mol. The lowest BCUT2D eigenvalue weighted by Gasteiger charge is -2.12. The first kappa shape index (κ1) is 22.4. The molecule has 1 unspecified atom stereocenters. The number of aromatic nitrogens is 2. The third-order valence-corrected chi connectivity index (χ3v) is 4.92. The van der Waals surface area contributed by atoms with E-state index >= 15 is 0 Å². The van der Waals surface area contributed by atoms with Crippen molar-refractivity contribution in [1.29, 1.82) is 0 Å². The zero-order valence-electron chi connectivity index (χ0n) is 18.5. The number of carbonyl (C=O) groups is 1. The molecule has 0 amide bonds. The number of aldehydes is 1. The van der Waals surface area contributed by atoms with E-state index in [1.54, 1.807) is 0 Å². The lowest BCUT2D eigenvalue weighted by molar-refractivity contribution is -0.110. The molecule has 4 nitrogen and oxygen atoms in total. The molecular weight excluding hydrogens is 358 g/mol. The van der Waals surface area contributed by atoms with Crippen LogP contribution in [-0.4, -0.2) is 33.7 Å². The van der Waals surface area contributed by atoms with Gasteiger partial charge in [-0.15, -0.1) is 0 Å². The van der Waals surface area contributed by atoms with Crippen LogP contribution in [0.5, 0.6) is 0 Å². The van der Waals surface area contributed by atoms with E-state index in [1.807, 2.05) is 38.1 Å². The van der Waals surface area contributed by atoms with Crippen LogP contribution in [0.4, 0.5) is 0 Å². The van der Waals surface area contributed by atoms with E-state index in [-0.39, 0.29) is 6.04 Å². The summed E-state index contributed by atoms with van der Waals surface area (Å²) in [5, 5.41) is 0. The molecule has 3 heterocycles. The van der Waals surface area contributed by atoms with Gasteiger partial charge in [-0.2, -0.15) is 0 Å². The van der Waals surface area contributed by atoms with Crippen molar-refractivity contribution in [2.45, 2.75) is 53.5 Å². The summed E-state index contributed by atoms with van der Waals surface area (Å²) in [6.07, 6.45) is 8.92. The molecule has 2 aromatic heterocycles. The predicted octanol–water partition coefficient (Wildman–Crippen LogP) is 5.61. The maximum Gasteiger partial charge on any atom is 0.142 e. The van der Waals surface area contributed by atoms with Gasteiger partial charge in [0.2, 0.25) is 0 Å². The van der Waals surface area contributed by atoms with Crippen molar-refractivity contribution >= 4 is 11.9 Å². The molecule has 0 aliphatic carbocycles. The molecule has 0 spiro atoms. The van der Waals surface area contributed by atoms with Gasteiger partial charge in [0.1, 0.15) is 11.9 Å². The van der Waals surface area contributed by atoms with Crippen LogP contribution in [0.1, 0.15) is 44.0 Å². The minimum Gasteiger partial charge on any atom is -0.371 e. The summed E-state index contributed by atoms with van der Waals surface area (Å²) in [4.78, 5) is 16.8. The summed E-state index contributed by atoms with van der Waals surface area (Å²) in [5.41, 5.74) is 7.15. The fourth-order valence-electron chi connectivity index (χ4n) is 3.27. The van der Waals surface area contributed by atoms with Crippen LogP contribution in [0.2, 0.25) is 0 Å². The van der Waals surface area contributed by atoms with E-state index in [1.165, 1.54) is 22.4 Å². The van der Waals surface area contributed by atoms with Crippen molar-refractivity contribution in [1.82, 2.24) is 14.3 Å². The quantitative estimate of drug-likeness (QED) is 0.545. The van der Waals surface area contributed by atoms with Gasteiger partial charge in [0.15, 0.2) is 0 Å². The van der Waals surface area contributed by atoms with E-state index in [4.69, 9.17) is 4.98 Å². The third kappa shape index (κ3) is 5.35.